The van der Waals surface area contributed by atoms with Gasteiger partial charge in [-0.1, -0.05) is 51.3 Å². The third-order valence-corrected chi connectivity index (χ3v) is 7.20. The lowest BCUT2D eigenvalue weighted by atomic mass is 10.1. The third-order valence-electron chi connectivity index (χ3n) is 5.70. The average Bonchev–Trinajstić information content (AvgIpc) is 3.31. The topological polar surface area (TPSA) is 96.3 Å². The fraction of sp³-hybridized carbons (Fsp3) is 0.240. The van der Waals surface area contributed by atoms with Gasteiger partial charge >= 0.3 is 5.97 Å². The summed E-state index contributed by atoms with van der Waals surface area (Å²) in [6.45, 7) is 1.70. The molecule has 2 amide bonds. The van der Waals surface area contributed by atoms with Gasteiger partial charge in [-0.25, -0.2) is 4.79 Å². The van der Waals surface area contributed by atoms with Crippen molar-refractivity contribution >= 4 is 56.9 Å². The molecule has 1 aliphatic rings. The number of methoxy groups -OCH3 is 2. The molecule has 1 aliphatic heterocycles. The molecule has 12 heteroatoms. The first kappa shape index (κ1) is 27.0. The molecule has 9 nitrogen and oxygen atoms in total. The number of rotatable bonds is 9. The third kappa shape index (κ3) is 4.94. The first-order valence-corrected chi connectivity index (χ1v) is 12.5. The van der Waals surface area contributed by atoms with E-state index in [9.17, 15) is 14.4 Å². The smallest absolute Gasteiger partial charge is 0.355 e. The van der Waals surface area contributed by atoms with Crippen LogP contribution in [0.2, 0.25) is 10.2 Å². The number of hydrogen-bond acceptors (Lipinski definition) is 7. The van der Waals surface area contributed by atoms with Gasteiger partial charge in [-0.2, -0.15) is 0 Å². The maximum absolute atomic E-state index is 12.7. The number of amides is 2. The number of benzene rings is 2. The van der Waals surface area contributed by atoms with Crippen LogP contribution in [0, 0.1) is 0 Å². The van der Waals surface area contributed by atoms with Crippen LogP contribution in [0.15, 0.2) is 40.9 Å². The van der Waals surface area contributed by atoms with Gasteiger partial charge in [0.2, 0.25) is 0 Å². The number of carbonyl (C=O) groups excluding carboxylic acids is 3. The molecule has 4 rings (SSSR count). The van der Waals surface area contributed by atoms with Crippen LogP contribution in [-0.4, -0.2) is 48.2 Å². The molecule has 0 atom stereocenters. The lowest BCUT2D eigenvalue weighted by Crippen LogP contribution is -2.30. The van der Waals surface area contributed by atoms with E-state index in [0.717, 1.165) is 0 Å². The summed E-state index contributed by atoms with van der Waals surface area (Å²) in [4.78, 5) is 43.7. The van der Waals surface area contributed by atoms with Gasteiger partial charge in [0.05, 0.1) is 49.1 Å². The highest BCUT2D eigenvalue weighted by Gasteiger charge is 2.37. The fourth-order valence-corrected chi connectivity index (χ4v) is 4.92. The van der Waals surface area contributed by atoms with Crippen molar-refractivity contribution in [1.29, 1.82) is 0 Å². The summed E-state index contributed by atoms with van der Waals surface area (Å²) in [5.41, 5.74) is 1.67. The van der Waals surface area contributed by atoms with Crippen molar-refractivity contribution < 1.29 is 33.4 Å². The van der Waals surface area contributed by atoms with Crippen molar-refractivity contribution in [3.63, 3.8) is 0 Å². The molecule has 37 heavy (non-hydrogen) atoms. The zero-order valence-electron chi connectivity index (χ0n) is 20.0. The molecule has 0 saturated carbocycles. The second-order valence-corrected chi connectivity index (χ2v) is 9.37. The van der Waals surface area contributed by atoms with E-state index in [1.807, 2.05) is 0 Å². The Labute approximate surface area is 230 Å². The number of fused-ring (bicyclic) bond motifs is 1. The highest BCUT2D eigenvalue weighted by molar-refractivity contribution is 9.10. The van der Waals surface area contributed by atoms with Crippen molar-refractivity contribution in [3.05, 3.63) is 79.0 Å². The lowest BCUT2D eigenvalue weighted by molar-refractivity contribution is -0.101. The fourth-order valence-electron chi connectivity index (χ4n) is 4.00. The number of carbonyl (C=O) groups is 3. The van der Waals surface area contributed by atoms with Crippen LogP contribution in [0.5, 0.6) is 11.5 Å². The standard InChI is InChI=1S/C25H21BrCl2N2O7/c1-4-36-25(33)19-10-18(27)22(28)29(19)11-15-17(26)9-20(34-2)16(21(15)35-3)12-37-30-23(31)13-7-5-6-8-14(13)24(30)32/h5-10H,4,11-12H2,1-3H3. The van der Waals surface area contributed by atoms with Gasteiger partial charge in [0, 0.05) is 10.0 Å². The van der Waals surface area contributed by atoms with Gasteiger partial charge in [-0.05, 0) is 31.2 Å². The van der Waals surface area contributed by atoms with E-state index in [-0.39, 0.29) is 46.8 Å². The molecule has 0 unspecified atom stereocenters. The maximum atomic E-state index is 12.7. The highest BCUT2D eigenvalue weighted by atomic mass is 79.9. The van der Waals surface area contributed by atoms with Crippen LogP contribution >= 0.6 is 39.1 Å². The molecule has 194 valence electrons. The summed E-state index contributed by atoms with van der Waals surface area (Å²) in [5.74, 6) is -1.01. The van der Waals surface area contributed by atoms with Crippen molar-refractivity contribution in [2.45, 2.75) is 20.1 Å². The molecule has 0 spiro atoms. The van der Waals surface area contributed by atoms with Gasteiger partial charge in [-0.15, -0.1) is 5.06 Å². The summed E-state index contributed by atoms with van der Waals surface area (Å²) >= 11 is 16.2. The van der Waals surface area contributed by atoms with Gasteiger partial charge in [0.1, 0.15) is 29.0 Å². The van der Waals surface area contributed by atoms with Crippen LogP contribution in [0.3, 0.4) is 0 Å². The van der Waals surface area contributed by atoms with Gasteiger partial charge in [0.15, 0.2) is 0 Å². The Morgan fingerprint density at radius 3 is 2.22 bits per heavy atom. The number of imide groups is 1. The van der Waals surface area contributed by atoms with Crippen LogP contribution < -0.4 is 9.47 Å². The monoisotopic (exact) mass is 610 g/mol. The van der Waals surface area contributed by atoms with E-state index in [0.29, 0.717) is 32.2 Å². The van der Waals surface area contributed by atoms with Gasteiger partial charge in [0.25, 0.3) is 11.8 Å². The summed E-state index contributed by atoms with van der Waals surface area (Å²) in [7, 11) is 2.92. The van der Waals surface area contributed by atoms with Crippen LogP contribution in [0.4, 0.5) is 0 Å². The molecular formula is C25H21BrCl2N2O7. The first-order chi connectivity index (χ1) is 17.7. The Bertz CT molecular complexity index is 1370. The van der Waals surface area contributed by atoms with Crippen LogP contribution in [0.25, 0.3) is 0 Å². The Morgan fingerprint density at radius 2 is 1.65 bits per heavy atom. The van der Waals surface area contributed by atoms with E-state index in [1.54, 1.807) is 37.3 Å². The molecule has 0 fully saturated rings. The number of ether oxygens (including phenoxy) is 3. The highest BCUT2D eigenvalue weighted by Crippen LogP contribution is 2.40. The van der Waals surface area contributed by atoms with Gasteiger partial charge in [-0.3, -0.25) is 14.4 Å². The SMILES string of the molecule is CCOC(=O)c1cc(Cl)c(Cl)n1Cc1c(Br)cc(OC)c(CON2C(=O)c3ccccc3C2=O)c1OC. The van der Waals surface area contributed by atoms with E-state index in [2.05, 4.69) is 15.9 Å². The van der Waals surface area contributed by atoms with E-state index < -0.39 is 17.8 Å². The Kier molecular flexibility index (Phi) is 8.13. The zero-order chi connectivity index (χ0) is 26.9. The Balaban J connectivity index is 1.71. The predicted molar refractivity (Wildman–Crippen MR) is 138 cm³/mol. The zero-order valence-corrected chi connectivity index (χ0v) is 23.1. The number of esters is 1. The van der Waals surface area contributed by atoms with E-state index in [4.69, 9.17) is 42.3 Å². The van der Waals surface area contributed by atoms with Crippen molar-refractivity contribution in [2.24, 2.45) is 0 Å². The minimum absolute atomic E-state index is 0.0630. The predicted octanol–water partition coefficient (Wildman–Crippen LogP) is 5.53. The molecule has 0 radical (unpaired) electrons. The molecule has 0 N–H and O–H groups in total. The second kappa shape index (κ2) is 11.1. The van der Waals surface area contributed by atoms with Crippen molar-refractivity contribution in [1.82, 2.24) is 9.63 Å². The normalized spacial score (nSPS) is 12.6. The number of nitrogens with zero attached hydrogens (tertiary/aromatic N) is 2. The van der Waals surface area contributed by atoms with E-state index in [1.165, 1.54) is 24.9 Å². The van der Waals surface area contributed by atoms with Crippen LogP contribution in [0.1, 0.15) is 49.3 Å². The quantitative estimate of drug-likeness (QED) is 0.232. The lowest BCUT2D eigenvalue weighted by Gasteiger charge is -2.21. The minimum Gasteiger partial charge on any atom is -0.496 e. The van der Waals surface area contributed by atoms with Gasteiger partial charge < -0.3 is 18.8 Å². The summed E-state index contributed by atoms with van der Waals surface area (Å²) in [5, 5.41) is 1.04. The molecular weight excluding hydrogens is 591 g/mol. The number of halogens is 3. The average molecular weight is 612 g/mol. The minimum atomic E-state index is -0.589. The first-order valence-electron chi connectivity index (χ1n) is 11.0. The molecule has 0 bridgehead atoms. The molecule has 0 aliphatic carbocycles. The molecule has 2 aromatic carbocycles. The summed E-state index contributed by atoms with van der Waals surface area (Å²) in [6, 6.07) is 9.57. The molecule has 0 saturated heterocycles. The summed E-state index contributed by atoms with van der Waals surface area (Å²) < 4.78 is 18.4. The van der Waals surface area contributed by atoms with Crippen LogP contribution in [-0.2, 0) is 22.7 Å². The largest absolute Gasteiger partial charge is 0.496 e. The molecule has 1 aromatic heterocycles. The Morgan fingerprint density at radius 1 is 1.00 bits per heavy atom. The second-order valence-electron chi connectivity index (χ2n) is 7.75. The number of hydrogen-bond donors (Lipinski definition) is 0. The molecule has 3 aromatic rings. The van der Waals surface area contributed by atoms with Crippen molar-refractivity contribution in [2.75, 3.05) is 20.8 Å². The van der Waals surface area contributed by atoms with Crippen molar-refractivity contribution in [3.8, 4) is 11.5 Å². The number of aromatic nitrogens is 1. The maximum Gasteiger partial charge on any atom is 0.355 e. The number of hydroxylamine groups is 2. The molecule has 2 heterocycles. The summed E-state index contributed by atoms with van der Waals surface area (Å²) in [6.07, 6.45) is 0. The van der Waals surface area contributed by atoms with E-state index >= 15 is 0 Å². The Hall–Kier alpha value is -3.05.